The largest absolute Gasteiger partial charge is 0.493 e. The predicted octanol–water partition coefficient (Wildman–Crippen LogP) is 4.44. The van der Waals surface area contributed by atoms with Gasteiger partial charge in [-0.15, -0.1) is 0 Å². The summed E-state index contributed by atoms with van der Waals surface area (Å²) in [6, 6.07) is 14.0. The third-order valence-electron chi connectivity index (χ3n) is 5.72. The minimum Gasteiger partial charge on any atom is -0.493 e. The number of nitrogens with zero attached hydrogens (tertiary/aromatic N) is 1. The molecule has 0 N–H and O–H groups in total. The summed E-state index contributed by atoms with van der Waals surface area (Å²) in [4.78, 5) is 2.56. The number of methoxy groups -OCH3 is 3. The summed E-state index contributed by atoms with van der Waals surface area (Å²) >= 11 is 0. The summed E-state index contributed by atoms with van der Waals surface area (Å²) in [6.45, 7) is 4.15. The third-order valence-corrected chi connectivity index (χ3v) is 5.72. The average molecular weight is 400 g/mol. The topological polar surface area (TPSA) is 40.2 Å². The van der Waals surface area contributed by atoms with E-state index < -0.39 is 0 Å². The van der Waals surface area contributed by atoms with Crippen LogP contribution in [0.1, 0.15) is 24.8 Å². The van der Waals surface area contributed by atoms with Crippen LogP contribution in [0.15, 0.2) is 42.5 Å². The third kappa shape index (κ3) is 6.04. The van der Waals surface area contributed by atoms with Crippen molar-refractivity contribution in [1.82, 2.24) is 4.90 Å². The SMILES string of the molecule is COc1ccc(CCN2CCC(CCOc3ccccc3OC)CC2)cc1OC. The maximum absolute atomic E-state index is 5.94. The summed E-state index contributed by atoms with van der Waals surface area (Å²) in [5, 5.41) is 0. The molecule has 3 rings (SSSR count). The fraction of sp³-hybridized carbons (Fsp3) is 0.500. The van der Waals surface area contributed by atoms with Crippen molar-refractivity contribution in [2.24, 2.45) is 5.92 Å². The van der Waals surface area contributed by atoms with Gasteiger partial charge in [-0.25, -0.2) is 0 Å². The number of piperidine rings is 1. The second-order valence-electron chi connectivity index (χ2n) is 7.51. The summed E-state index contributed by atoms with van der Waals surface area (Å²) in [6.07, 6.45) is 4.60. The quantitative estimate of drug-likeness (QED) is 0.591. The zero-order valence-electron chi connectivity index (χ0n) is 17.9. The van der Waals surface area contributed by atoms with Crippen molar-refractivity contribution < 1.29 is 18.9 Å². The standard InChI is InChI=1S/C24H33NO4/c1-26-21-6-4-5-7-23(21)29-17-13-19-10-14-25(15-11-19)16-12-20-8-9-22(27-2)24(18-20)28-3/h4-9,18-19H,10-17H2,1-3H3. The Morgan fingerprint density at radius 2 is 1.48 bits per heavy atom. The summed E-state index contributed by atoms with van der Waals surface area (Å²) in [5.41, 5.74) is 1.29. The molecule has 158 valence electrons. The van der Waals surface area contributed by atoms with E-state index in [1.54, 1.807) is 21.3 Å². The fourth-order valence-corrected chi connectivity index (χ4v) is 3.90. The van der Waals surface area contributed by atoms with E-state index >= 15 is 0 Å². The van der Waals surface area contributed by atoms with Crippen LogP contribution in [-0.2, 0) is 6.42 Å². The highest BCUT2D eigenvalue weighted by molar-refractivity contribution is 5.43. The van der Waals surface area contributed by atoms with Gasteiger partial charge in [-0.05, 0) is 74.5 Å². The average Bonchev–Trinajstić information content (AvgIpc) is 2.78. The Bertz CT molecular complexity index is 756. The minimum atomic E-state index is 0.738. The second kappa shape index (κ2) is 11.0. The lowest BCUT2D eigenvalue weighted by atomic mass is 9.93. The maximum atomic E-state index is 5.94. The molecule has 0 aliphatic carbocycles. The van der Waals surface area contributed by atoms with Crippen LogP contribution in [0.5, 0.6) is 23.0 Å². The number of benzene rings is 2. The van der Waals surface area contributed by atoms with E-state index in [2.05, 4.69) is 17.0 Å². The van der Waals surface area contributed by atoms with Crippen LogP contribution in [0.2, 0.25) is 0 Å². The summed E-state index contributed by atoms with van der Waals surface area (Å²) < 4.78 is 22.0. The number of hydrogen-bond donors (Lipinski definition) is 0. The first-order valence-electron chi connectivity index (χ1n) is 10.4. The van der Waals surface area contributed by atoms with Crippen molar-refractivity contribution in [2.75, 3.05) is 47.6 Å². The normalized spacial score (nSPS) is 15.1. The van der Waals surface area contributed by atoms with Gasteiger partial charge in [0.1, 0.15) is 0 Å². The monoisotopic (exact) mass is 399 g/mol. The Hall–Kier alpha value is -2.40. The fourth-order valence-electron chi connectivity index (χ4n) is 3.90. The van der Waals surface area contributed by atoms with Gasteiger partial charge in [0.15, 0.2) is 23.0 Å². The molecule has 0 bridgehead atoms. The Balaban J connectivity index is 1.37. The summed E-state index contributed by atoms with van der Waals surface area (Å²) in [5.74, 6) is 3.97. The smallest absolute Gasteiger partial charge is 0.161 e. The van der Waals surface area contributed by atoms with Gasteiger partial charge in [0.05, 0.1) is 27.9 Å². The molecular weight excluding hydrogens is 366 g/mol. The minimum absolute atomic E-state index is 0.738. The molecule has 29 heavy (non-hydrogen) atoms. The Morgan fingerprint density at radius 3 is 2.17 bits per heavy atom. The molecule has 0 unspecified atom stereocenters. The van der Waals surface area contributed by atoms with Gasteiger partial charge in [0.2, 0.25) is 0 Å². The van der Waals surface area contributed by atoms with Gasteiger partial charge >= 0.3 is 0 Å². The van der Waals surface area contributed by atoms with Crippen LogP contribution in [-0.4, -0.2) is 52.5 Å². The van der Waals surface area contributed by atoms with E-state index in [0.29, 0.717) is 0 Å². The molecule has 0 saturated carbocycles. The molecule has 0 aromatic heterocycles. The maximum Gasteiger partial charge on any atom is 0.161 e. The highest BCUT2D eigenvalue weighted by Crippen LogP contribution is 2.29. The van der Waals surface area contributed by atoms with Crippen LogP contribution in [0, 0.1) is 5.92 Å². The number of likely N-dealkylation sites (tertiary alicyclic amines) is 1. The van der Waals surface area contributed by atoms with Crippen molar-refractivity contribution >= 4 is 0 Å². The Morgan fingerprint density at radius 1 is 0.828 bits per heavy atom. The van der Waals surface area contributed by atoms with E-state index in [1.165, 1.54) is 18.4 Å². The molecule has 1 fully saturated rings. The Labute approximate surface area is 174 Å². The second-order valence-corrected chi connectivity index (χ2v) is 7.51. The molecule has 1 heterocycles. The first-order valence-corrected chi connectivity index (χ1v) is 10.4. The number of rotatable bonds is 10. The van der Waals surface area contributed by atoms with Gasteiger partial charge in [-0.1, -0.05) is 18.2 Å². The predicted molar refractivity (Wildman–Crippen MR) is 116 cm³/mol. The van der Waals surface area contributed by atoms with Gasteiger partial charge in [0.25, 0.3) is 0 Å². The molecule has 1 saturated heterocycles. The molecule has 0 amide bonds. The van der Waals surface area contributed by atoms with E-state index in [-0.39, 0.29) is 0 Å². The van der Waals surface area contributed by atoms with Crippen molar-refractivity contribution in [3.8, 4) is 23.0 Å². The van der Waals surface area contributed by atoms with Gasteiger partial charge < -0.3 is 23.8 Å². The lowest BCUT2D eigenvalue weighted by molar-refractivity contribution is 0.163. The zero-order valence-corrected chi connectivity index (χ0v) is 17.9. The molecule has 2 aromatic rings. The van der Waals surface area contributed by atoms with Crippen LogP contribution in [0.25, 0.3) is 0 Å². The first-order chi connectivity index (χ1) is 14.2. The van der Waals surface area contributed by atoms with Crippen molar-refractivity contribution in [1.29, 1.82) is 0 Å². The van der Waals surface area contributed by atoms with Crippen molar-refractivity contribution in [3.05, 3.63) is 48.0 Å². The van der Waals surface area contributed by atoms with Crippen molar-refractivity contribution in [3.63, 3.8) is 0 Å². The molecular formula is C24H33NO4. The lowest BCUT2D eigenvalue weighted by Gasteiger charge is -2.32. The zero-order chi connectivity index (χ0) is 20.5. The van der Waals surface area contributed by atoms with E-state index in [4.69, 9.17) is 18.9 Å². The van der Waals surface area contributed by atoms with Gasteiger partial charge in [0, 0.05) is 6.54 Å². The number of hydrogen-bond acceptors (Lipinski definition) is 5. The van der Waals surface area contributed by atoms with E-state index in [0.717, 1.165) is 68.0 Å². The van der Waals surface area contributed by atoms with Crippen molar-refractivity contribution in [2.45, 2.75) is 25.7 Å². The molecule has 5 nitrogen and oxygen atoms in total. The molecule has 0 atom stereocenters. The molecule has 1 aliphatic heterocycles. The lowest BCUT2D eigenvalue weighted by Crippen LogP contribution is -2.35. The highest BCUT2D eigenvalue weighted by Gasteiger charge is 2.19. The molecule has 0 spiro atoms. The molecule has 5 heteroatoms. The van der Waals surface area contributed by atoms with E-state index in [1.807, 2.05) is 30.3 Å². The van der Waals surface area contributed by atoms with Crippen LogP contribution >= 0.6 is 0 Å². The Kier molecular flexibility index (Phi) is 8.05. The van der Waals surface area contributed by atoms with Gasteiger partial charge in [-0.3, -0.25) is 0 Å². The number of ether oxygens (including phenoxy) is 4. The van der Waals surface area contributed by atoms with Gasteiger partial charge in [-0.2, -0.15) is 0 Å². The molecule has 2 aromatic carbocycles. The molecule has 1 aliphatic rings. The summed E-state index contributed by atoms with van der Waals surface area (Å²) in [7, 11) is 5.03. The van der Waals surface area contributed by atoms with E-state index in [9.17, 15) is 0 Å². The molecule has 0 radical (unpaired) electrons. The van der Waals surface area contributed by atoms with Crippen LogP contribution in [0.4, 0.5) is 0 Å². The van der Waals surface area contributed by atoms with Crippen LogP contribution < -0.4 is 18.9 Å². The number of para-hydroxylation sites is 2. The highest BCUT2D eigenvalue weighted by atomic mass is 16.5. The first kappa shape index (κ1) is 21.3. The van der Waals surface area contributed by atoms with Crippen LogP contribution in [0.3, 0.4) is 0 Å².